The zero-order valence-electron chi connectivity index (χ0n) is 22.4. The Labute approximate surface area is 242 Å². The second-order valence-corrected chi connectivity index (χ2v) is 11.5. The maximum atomic E-state index is 15.4. The summed E-state index contributed by atoms with van der Waals surface area (Å²) < 4.78 is 39.3. The van der Waals surface area contributed by atoms with Crippen LogP contribution in [0.15, 0.2) is 60.3 Å². The minimum Gasteiger partial charge on any atom is -0.490 e. The Bertz CT molecular complexity index is 2050. The number of hydrogen-bond donors (Lipinski definition) is 0. The molecule has 0 amide bonds. The maximum Gasteiger partial charge on any atom is 0.237 e. The molecule has 7 rings (SSSR count). The fourth-order valence-corrected chi connectivity index (χ4v) is 5.82. The Morgan fingerprint density at radius 1 is 1.02 bits per heavy atom. The quantitative estimate of drug-likeness (QED) is 0.188. The van der Waals surface area contributed by atoms with Crippen LogP contribution in [0.4, 0.5) is 8.78 Å². The molecule has 0 aliphatic carbocycles. The van der Waals surface area contributed by atoms with Gasteiger partial charge in [-0.1, -0.05) is 25.6 Å². The van der Waals surface area contributed by atoms with Gasteiger partial charge in [-0.2, -0.15) is 10.2 Å². The molecule has 10 nitrogen and oxygen atoms in total. The van der Waals surface area contributed by atoms with E-state index in [1.165, 1.54) is 11.8 Å². The van der Waals surface area contributed by atoms with E-state index in [1.807, 2.05) is 13.8 Å². The van der Waals surface area contributed by atoms with Crippen LogP contribution in [-0.4, -0.2) is 50.9 Å². The molecule has 0 radical (unpaired) electrons. The monoisotopic (exact) mass is 581 g/mol. The molecule has 13 heteroatoms. The van der Waals surface area contributed by atoms with Crippen molar-refractivity contribution in [3.63, 3.8) is 0 Å². The summed E-state index contributed by atoms with van der Waals surface area (Å²) in [4.78, 5) is 27.8. The Morgan fingerprint density at radius 2 is 1.88 bits per heavy atom. The minimum atomic E-state index is -0.701. The van der Waals surface area contributed by atoms with Crippen molar-refractivity contribution in [1.82, 2.24) is 39.0 Å². The van der Waals surface area contributed by atoms with Crippen molar-refractivity contribution in [2.45, 2.75) is 36.7 Å². The molecular weight excluding hydrogens is 560 g/mol. The van der Waals surface area contributed by atoms with E-state index in [1.54, 1.807) is 52.1 Å². The SMILES string of the molecule is CC(C)Sc1nccc(-c2nc3cnc(-n4cnc5ccc(C#N)cc54)nc3n2C2CCOc3c(F)ccc(F)c32)n1. The third kappa shape index (κ3) is 4.31. The van der Waals surface area contributed by atoms with Crippen LogP contribution in [0.25, 0.3) is 39.7 Å². The predicted octanol–water partition coefficient (Wildman–Crippen LogP) is 5.64. The molecule has 0 N–H and O–H groups in total. The smallest absolute Gasteiger partial charge is 0.237 e. The number of rotatable bonds is 5. The molecule has 208 valence electrons. The average Bonchev–Trinajstić information content (AvgIpc) is 3.59. The van der Waals surface area contributed by atoms with Crippen molar-refractivity contribution in [1.29, 1.82) is 5.26 Å². The Morgan fingerprint density at radius 3 is 2.71 bits per heavy atom. The molecule has 0 saturated heterocycles. The van der Waals surface area contributed by atoms with Gasteiger partial charge >= 0.3 is 0 Å². The highest BCUT2D eigenvalue weighted by atomic mass is 32.2. The molecule has 2 aromatic carbocycles. The van der Waals surface area contributed by atoms with Gasteiger partial charge in [0.1, 0.15) is 23.4 Å². The van der Waals surface area contributed by atoms with E-state index >= 15 is 4.39 Å². The van der Waals surface area contributed by atoms with E-state index in [4.69, 9.17) is 19.7 Å². The fourth-order valence-electron chi connectivity index (χ4n) is 5.12. The summed E-state index contributed by atoms with van der Waals surface area (Å²) in [6, 6.07) is 10.5. The van der Waals surface area contributed by atoms with Crippen molar-refractivity contribution >= 4 is 34.0 Å². The first-order chi connectivity index (χ1) is 20.4. The molecule has 5 heterocycles. The van der Waals surface area contributed by atoms with Crippen LogP contribution < -0.4 is 4.74 Å². The van der Waals surface area contributed by atoms with Gasteiger partial charge < -0.3 is 4.74 Å². The molecular formula is C29H21F2N9OS. The number of aromatic nitrogens is 8. The van der Waals surface area contributed by atoms with Gasteiger partial charge in [-0.25, -0.2) is 33.7 Å². The van der Waals surface area contributed by atoms with Crippen LogP contribution in [0.2, 0.25) is 0 Å². The Balaban J connectivity index is 1.48. The number of thioether (sulfide) groups is 1. The third-order valence-electron chi connectivity index (χ3n) is 6.89. The van der Waals surface area contributed by atoms with Crippen LogP contribution in [0.5, 0.6) is 5.75 Å². The molecule has 0 fully saturated rings. The lowest BCUT2D eigenvalue weighted by Gasteiger charge is -2.29. The summed E-state index contributed by atoms with van der Waals surface area (Å²) >= 11 is 1.50. The number of halogens is 2. The molecule has 0 saturated carbocycles. The number of ether oxygens (including phenoxy) is 1. The highest BCUT2D eigenvalue weighted by Gasteiger charge is 2.33. The van der Waals surface area contributed by atoms with Crippen LogP contribution in [0, 0.1) is 23.0 Å². The highest BCUT2D eigenvalue weighted by molar-refractivity contribution is 7.99. The maximum absolute atomic E-state index is 15.4. The number of nitrogens with zero attached hydrogens (tertiary/aromatic N) is 9. The lowest BCUT2D eigenvalue weighted by molar-refractivity contribution is 0.240. The zero-order chi connectivity index (χ0) is 29.0. The first-order valence-corrected chi connectivity index (χ1v) is 14.0. The second kappa shape index (κ2) is 10.1. The molecule has 6 aromatic rings. The normalized spacial score (nSPS) is 14.7. The molecule has 1 aliphatic heterocycles. The van der Waals surface area contributed by atoms with Crippen molar-refractivity contribution in [3.05, 3.63) is 77.9 Å². The topological polar surface area (TPSA) is 120 Å². The summed E-state index contributed by atoms with van der Waals surface area (Å²) in [6.07, 6.45) is 5.14. The average molecular weight is 582 g/mol. The summed E-state index contributed by atoms with van der Waals surface area (Å²) in [5.74, 6) is -0.682. The first-order valence-electron chi connectivity index (χ1n) is 13.1. The Hall–Kier alpha value is -4.96. The summed E-state index contributed by atoms with van der Waals surface area (Å²) in [5.41, 5.74) is 3.20. The van der Waals surface area contributed by atoms with Gasteiger partial charge in [0.05, 0.1) is 47.1 Å². The van der Waals surface area contributed by atoms with Crippen molar-refractivity contribution in [2.24, 2.45) is 0 Å². The number of nitriles is 1. The number of imidazole rings is 2. The second-order valence-electron chi connectivity index (χ2n) is 9.93. The third-order valence-corrected chi connectivity index (χ3v) is 7.77. The molecule has 0 spiro atoms. The fraction of sp³-hybridized carbons (Fsp3) is 0.207. The molecule has 4 aromatic heterocycles. The van der Waals surface area contributed by atoms with Crippen LogP contribution in [0.3, 0.4) is 0 Å². The lowest BCUT2D eigenvalue weighted by atomic mass is 9.99. The van der Waals surface area contributed by atoms with Gasteiger partial charge in [-0.3, -0.25) is 9.13 Å². The van der Waals surface area contributed by atoms with E-state index in [0.29, 0.717) is 50.9 Å². The van der Waals surface area contributed by atoms with Gasteiger partial charge in [-0.05, 0) is 36.4 Å². The predicted molar refractivity (Wildman–Crippen MR) is 151 cm³/mol. The first kappa shape index (κ1) is 26.0. The van der Waals surface area contributed by atoms with Gasteiger partial charge in [0, 0.05) is 17.9 Å². The molecule has 0 bridgehead atoms. The van der Waals surface area contributed by atoms with Gasteiger partial charge in [0.25, 0.3) is 0 Å². The number of benzene rings is 2. The molecule has 42 heavy (non-hydrogen) atoms. The molecule has 1 aliphatic rings. The van der Waals surface area contributed by atoms with E-state index in [2.05, 4.69) is 21.0 Å². The van der Waals surface area contributed by atoms with Gasteiger partial charge in [0.15, 0.2) is 28.2 Å². The van der Waals surface area contributed by atoms with Crippen molar-refractivity contribution < 1.29 is 13.5 Å². The van der Waals surface area contributed by atoms with Crippen LogP contribution >= 0.6 is 11.8 Å². The van der Waals surface area contributed by atoms with E-state index < -0.39 is 17.7 Å². The van der Waals surface area contributed by atoms with Crippen LogP contribution in [0.1, 0.15) is 37.4 Å². The summed E-state index contributed by atoms with van der Waals surface area (Å²) in [7, 11) is 0. The molecule has 1 unspecified atom stereocenters. The van der Waals surface area contributed by atoms with Crippen molar-refractivity contribution in [2.75, 3.05) is 6.61 Å². The van der Waals surface area contributed by atoms with Crippen molar-refractivity contribution in [3.8, 4) is 29.3 Å². The number of hydrogen-bond acceptors (Lipinski definition) is 9. The minimum absolute atomic E-state index is 0.0829. The molecule has 1 atom stereocenters. The Kier molecular flexibility index (Phi) is 6.27. The number of fused-ring (bicyclic) bond motifs is 3. The summed E-state index contributed by atoms with van der Waals surface area (Å²) in [6.45, 7) is 4.25. The van der Waals surface area contributed by atoms with Crippen LogP contribution in [-0.2, 0) is 0 Å². The van der Waals surface area contributed by atoms with Gasteiger partial charge in [0.2, 0.25) is 5.95 Å². The standard InChI is InChI=1S/C29H21F2N9OS/c1-15(2)42-29-33-9-7-20(37-29)26-36-21-13-34-28(39-14-35-19-6-3-16(12-32)11-23(19)39)38-27(21)40(26)22-8-10-41-25-18(31)5-4-17(30)24(22)25/h3-7,9,11,13-15,22H,8,10H2,1-2H3. The lowest BCUT2D eigenvalue weighted by Crippen LogP contribution is -2.23. The van der Waals surface area contributed by atoms with Gasteiger partial charge in [-0.15, -0.1) is 0 Å². The van der Waals surface area contributed by atoms with E-state index in [-0.39, 0.29) is 29.1 Å². The van der Waals surface area contributed by atoms with E-state index in [0.717, 1.165) is 12.1 Å². The zero-order valence-corrected chi connectivity index (χ0v) is 23.2. The van der Waals surface area contributed by atoms with E-state index in [9.17, 15) is 9.65 Å². The summed E-state index contributed by atoms with van der Waals surface area (Å²) in [5, 5.41) is 10.2. The highest BCUT2D eigenvalue weighted by Crippen LogP contribution is 2.42. The largest absolute Gasteiger partial charge is 0.490 e.